The maximum Gasteiger partial charge on any atom is 0.410 e. The topological polar surface area (TPSA) is 64.5 Å². The normalized spacial score (nSPS) is 27.6. The van der Waals surface area contributed by atoms with Gasteiger partial charge in [0.25, 0.3) is 0 Å². The average Bonchev–Trinajstić information content (AvgIpc) is 2.70. The lowest BCUT2D eigenvalue weighted by Crippen LogP contribution is -2.50. The molecule has 1 amide bonds. The molecular weight excluding hydrogens is 282 g/mol. The molecule has 6 nitrogen and oxygen atoms in total. The summed E-state index contributed by atoms with van der Waals surface area (Å²) in [6, 6.07) is 0.408. The van der Waals surface area contributed by atoms with Crippen LogP contribution in [0.1, 0.15) is 46.5 Å². The fraction of sp³-hybridized carbons (Fsp3) is 0.688. The van der Waals surface area contributed by atoms with Gasteiger partial charge in [0.05, 0.1) is 6.20 Å². The maximum absolute atomic E-state index is 12.4. The van der Waals surface area contributed by atoms with E-state index < -0.39 is 5.60 Å². The van der Waals surface area contributed by atoms with E-state index in [4.69, 9.17) is 9.47 Å². The molecule has 120 valence electrons. The van der Waals surface area contributed by atoms with E-state index in [0.717, 1.165) is 25.7 Å². The van der Waals surface area contributed by atoms with Gasteiger partial charge < -0.3 is 14.4 Å². The molecule has 22 heavy (non-hydrogen) atoms. The summed E-state index contributed by atoms with van der Waals surface area (Å²) in [6.45, 7) is 5.70. The van der Waals surface area contributed by atoms with Crippen molar-refractivity contribution in [1.82, 2.24) is 14.9 Å². The molecular formula is C16H23N3O3. The molecule has 2 saturated heterocycles. The summed E-state index contributed by atoms with van der Waals surface area (Å²) in [7, 11) is 0. The van der Waals surface area contributed by atoms with Crippen molar-refractivity contribution in [3.63, 3.8) is 0 Å². The average molecular weight is 305 g/mol. The quantitative estimate of drug-likeness (QED) is 0.840. The number of carbonyl (C=O) groups excluding carboxylic acids is 1. The second-order valence-corrected chi connectivity index (χ2v) is 7.03. The van der Waals surface area contributed by atoms with Crippen molar-refractivity contribution in [2.75, 3.05) is 0 Å². The Morgan fingerprint density at radius 2 is 1.91 bits per heavy atom. The fourth-order valence-electron chi connectivity index (χ4n) is 3.35. The fourth-order valence-corrected chi connectivity index (χ4v) is 3.35. The minimum absolute atomic E-state index is 0.0906. The largest absolute Gasteiger partial charge is 0.473 e. The minimum Gasteiger partial charge on any atom is -0.473 e. The van der Waals surface area contributed by atoms with Crippen molar-refractivity contribution in [3.8, 4) is 5.88 Å². The number of rotatable bonds is 2. The molecule has 0 saturated carbocycles. The SMILES string of the molecule is CC(C)(C)OC(=O)N1[C@@H]2CC[C@H]1C[C@H](Oc1cnccn1)C2. The number of carbonyl (C=O) groups is 1. The van der Waals surface area contributed by atoms with Gasteiger partial charge in [-0.3, -0.25) is 4.98 Å². The molecule has 0 N–H and O–H groups in total. The van der Waals surface area contributed by atoms with Crippen LogP contribution in [0, 0.1) is 0 Å². The first-order valence-electron chi connectivity index (χ1n) is 7.86. The molecule has 2 aliphatic rings. The Labute approximate surface area is 130 Å². The van der Waals surface area contributed by atoms with E-state index in [1.807, 2.05) is 25.7 Å². The third kappa shape index (κ3) is 3.31. The number of amides is 1. The van der Waals surface area contributed by atoms with Crippen LogP contribution >= 0.6 is 0 Å². The lowest BCUT2D eigenvalue weighted by atomic mass is 10.0. The van der Waals surface area contributed by atoms with Gasteiger partial charge >= 0.3 is 6.09 Å². The summed E-state index contributed by atoms with van der Waals surface area (Å²) in [6.07, 6.45) is 8.46. The zero-order valence-electron chi connectivity index (χ0n) is 13.4. The van der Waals surface area contributed by atoms with Gasteiger partial charge in [-0.15, -0.1) is 0 Å². The van der Waals surface area contributed by atoms with Crippen LogP contribution < -0.4 is 4.74 Å². The Hall–Kier alpha value is -1.85. The zero-order chi connectivity index (χ0) is 15.7. The summed E-state index contributed by atoms with van der Waals surface area (Å²) >= 11 is 0. The summed E-state index contributed by atoms with van der Waals surface area (Å²) in [5.74, 6) is 0.553. The second-order valence-electron chi connectivity index (χ2n) is 7.03. The van der Waals surface area contributed by atoms with E-state index in [-0.39, 0.29) is 24.3 Å². The first-order chi connectivity index (χ1) is 10.4. The minimum atomic E-state index is -0.455. The van der Waals surface area contributed by atoms with Gasteiger partial charge in [0, 0.05) is 37.3 Å². The maximum atomic E-state index is 12.4. The molecule has 0 aromatic carbocycles. The monoisotopic (exact) mass is 305 g/mol. The number of nitrogens with zero attached hydrogens (tertiary/aromatic N) is 3. The van der Waals surface area contributed by atoms with Crippen molar-refractivity contribution < 1.29 is 14.3 Å². The Balaban J connectivity index is 1.63. The van der Waals surface area contributed by atoms with Crippen LogP contribution in [0.15, 0.2) is 18.6 Å². The molecule has 2 aliphatic heterocycles. The van der Waals surface area contributed by atoms with Crippen LogP contribution in [0.4, 0.5) is 4.79 Å². The van der Waals surface area contributed by atoms with Crippen molar-refractivity contribution >= 4 is 6.09 Å². The van der Waals surface area contributed by atoms with Crippen molar-refractivity contribution in [2.45, 2.75) is 70.2 Å². The Bertz CT molecular complexity index is 515. The molecule has 6 heteroatoms. The van der Waals surface area contributed by atoms with Crippen molar-refractivity contribution in [2.24, 2.45) is 0 Å². The predicted octanol–water partition coefficient (Wildman–Crippen LogP) is 2.79. The van der Waals surface area contributed by atoms with Crippen LogP contribution in [0.2, 0.25) is 0 Å². The number of ether oxygens (including phenoxy) is 2. The van der Waals surface area contributed by atoms with E-state index >= 15 is 0 Å². The standard InChI is InChI=1S/C16H23N3O3/c1-16(2,3)22-15(20)19-11-4-5-12(19)9-13(8-11)21-14-10-17-6-7-18-14/h6-7,10-13H,4-5,8-9H2,1-3H3/t11-,12+,13-. The summed E-state index contributed by atoms with van der Waals surface area (Å²) in [4.78, 5) is 22.5. The Kier molecular flexibility index (Phi) is 3.93. The Morgan fingerprint density at radius 3 is 2.45 bits per heavy atom. The van der Waals surface area contributed by atoms with Crippen molar-refractivity contribution in [3.05, 3.63) is 18.6 Å². The molecule has 3 rings (SSSR count). The summed E-state index contributed by atoms with van der Waals surface area (Å²) < 4.78 is 11.4. The summed E-state index contributed by atoms with van der Waals surface area (Å²) in [5, 5.41) is 0. The van der Waals surface area contributed by atoms with E-state index in [9.17, 15) is 4.79 Å². The smallest absolute Gasteiger partial charge is 0.410 e. The highest BCUT2D eigenvalue weighted by molar-refractivity contribution is 5.69. The molecule has 0 spiro atoms. The highest BCUT2D eigenvalue weighted by atomic mass is 16.6. The summed E-state index contributed by atoms with van der Waals surface area (Å²) in [5.41, 5.74) is -0.455. The lowest BCUT2D eigenvalue weighted by Gasteiger charge is -2.39. The first-order valence-corrected chi connectivity index (χ1v) is 7.86. The van der Waals surface area contributed by atoms with E-state index in [1.165, 1.54) is 0 Å². The highest BCUT2D eigenvalue weighted by Crippen LogP contribution is 2.37. The highest BCUT2D eigenvalue weighted by Gasteiger charge is 2.45. The number of hydrogen-bond donors (Lipinski definition) is 0. The zero-order valence-corrected chi connectivity index (χ0v) is 13.4. The van der Waals surface area contributed by atoms with Gasteiger partial charge in [-0.25, -0.2) is 9.78 Å². The molecule has 0 aliphatic carbocycles. The number of hydrogen-bond acceptors (Lipinski definition) is 5. The third-order valence-electron chi connectivity index (χ3n) is 4.12. The van der Waals surface area contributed by atoms with Gasteiger partial charge in [0.2, 0.25) is 5.88 Å². The van der Waals surface area contributed by atoms with Gasteiger partial charge in [0.15, 0.2) is 0 Å². The third-order valence-corrected chi connectivity index (χ3v) is 4.12. The van der Waals surface area contributed by atoms with Crippen molar-refractivity contribution in [1.29, 1.82) is 0 Å². The van der Waals surface area contributed by atoms with E-state index in [1.54, 1.807) is 18.6 Å². The molecule has 3 atom stereocenters. The molecule has 2 fully saturated rings. The second kappa shape index (κ2) is 5.74. The van der Waals surface area contributed by atoms with Gasteiger partial charge in [-0.05, 0) is 33.6 Å². The number of aromatic nitrogens is 2. The molecule has 1 aromatic heterocycles. The van der Waals surface area contributed by atoms with Crippen LogP contribution in [0.3, 0.4) is 0 Å². The number of piperidine rings is 1. The molecule has 0 unspecified atom stereocenters. The molecule has 3 heterocycles. The molecule has 2 bridgehead atoms. The van der Waals surface area contributed by atoms with E-state index in [2.05, 4.69) is 9.97 Å². The van der Waals surface area contributed by atoms with Gasteiger partial charge in [-0.2, -0.15) is 0 Å². The molecule has 1 aromatic rings. The predicted molar refractivity (Wildman–Crippen MR) is 80.6 cm³/mol. The Morgan fingerprint density at radius 1 is 1.23 bits per heavy atom. The van der Waals surface area contributed by atoms with Crippen LogP contribution in [-0.4, -0.2) is 44.7 Å². The van der Waals surface area contributed by atoms with E-state index in [0.29, 0.717) is 5.88 Å². The van der Waals surface area contributed by atoms with Crippen LogP contribution in [-0.2, 0) is 4.74 Å². The number of fused-ring (bicyclic) bond motifs is 2. The van der Waals surface area contributed by atoms with Gasteiger partial charge in [-0.1, -0.05) is 0 Å². The lowest BCUT2D eigenvalue weighted by molar-refractivity contribution is -0.00764. The molecule has 0 radical (unpaired) electrons. The van der Waals surface area contributed by atoms with Gasteiger partial charge in [0.1, 0.15) is 11.7 Å². The van der Waals surface area contributed by atoms with Crippen LogP contribution in [0.25, 0.3) is 0 Å². The van der Waals surface area contributed by atoms with Crippen LogP contribution in [0.5, 0.6) is 5.88 Å². The first kappa shape index (κ1) is 15.1.